The zero-order chi connectivity index (χ0) is 20.8. The molecule has 0 aliphatic heterocycles. The molecule has 5 nitrogen and oxygen atoms in total. The van der Waals surface area contributed by atoms with Gasteiger partial charge in [0.25, 0.3) is 5.91 Å². The molecule has 1 amide bonds. The molecule has 0 spiro atoms. The molecule has 0 saturated heterocycles. The van der Waals surface area contributed by atoms with Gasteiger partial charge in [-0.2, -0.15) is 5.10 Å². The maximum atomic E-state index is 12.3. The fourth-order valence-electron chi connectivity index (χ4n) is 3.25. The molecular weight excluding hydrogens is 362 g/mol. The van der Waals surface area contributed by atoms with E-state index < -0.39 is 0 Å². The predicted molar refractivity (Wildman–Crippen MR) is 117 cm³/mol. The summed E-state index contributed by atoms with van der Waals surface area (Å²) in [6.45, 7) is 8.94. The Morgan fingerprint density at radius 3 is 2.52 bits per heavy atom. The van der Waals surface area contributed by atoms with E-state index in [1.807, 2.05) is 12.1 Å². The van der Waals surface area contributed by atoms with Crippen molar-refractivity contribution in [2.45, 2.75) is 34.1 Å². The Labute approximate surface area is 172 Å². The van der Waals surface area contributed by atoms with E-state index in [2.05, 4.69) is 61.0 Å². The number of hydrogen-bond acceptors (Lipinski definition) is 3. The second kappa shape index (κ2) is 9.24. The molecule has 3 rings (SSSR count). The van der Waals surface area contributed by atoms with Crippen molar-refractivity contribution in [1.29, 1.82) is 0 Å². The van der Waals surface area contributed by atoms with Gasteiger partial charge < -0.3 is 9.30 Å². The summed E-state index contributed by atoms with van der Waals surface area (Å²) in [7, 11) is 0. The first-order valence-electron chi connectivity index (χ1n) is 9.82. The smallest absolute Gasteiger partial charge is 0.271 e. The van der Waals surface area contributed by atoms with Crippen molar-refractivity contribution in [3.8, 4) is 11.4 Å². The number of rotatable bonds is 7. The fourth-order valence-corrected chi connectivity index (χ4v) is 3.25. The minimum atomic E-state index is -0.254. The number of benzene rings is 2. The zero-order valence-corrected chi connectivity index (χ0v) is 17.4. The van der Waals surface area contributed by atoms with Gasteiger partial charge in [-0.1, -0.05) is 25.1 Å². The van der Waals surface area contributed by atoms with Crippen LogP contribution >= 0.6 is 0 Å². The summed E-state index contributed by atoms with van der Waals surface area (Å²) in [5, 5.41) is 4.15. The molecule has 0 bridgehead atoms. The minimum absolute atomic E-state index is 0.254. The van der Waals surface area contributed by atoms with Crippen LogP contribution in [0.5, 0.6) is 5.75 Å². The summed E-state index contributed by atoms with van der Waals surface area (Å²) in [4.78, 5) is 12.3. The molecule has 0 fully saturated rings. The third-order valence-corrected chi connectivity index (χ3v) is 4.79. The number of carbonyl (C=O) groups is 1. The molecule has 2 aromatic carbocycles. The summed E-state index contributed by atoms with van der Waals surface area (Å²) in [5.41, 5.74) is 8.65. The summed E-state index contributed by atoms with van der Waals surface area (Å²) in [6, 6.07) is 17.4. The van der Waals surface area contributed by atoms with Crippen molar-refractivity contribution in [2.75, 3.05) is 6.61 Å². The standard InChI is InChI=1S/C24H27N3O2/c1-5-14-29-22-12-10-20(11-13-22)24(28)26-25-16-21-15-18(3)27(19(21)4)23-9-7-6-8-17(23)2/h6-13,15-16H,5,14H2,1-4H3,(H,26,28)/b25-16+. The second-order valence-electron chi connectivity index (χ2n) is 7.02. The van der Waals surface area contributed by atoms with Crippen LogP contribution in [-0.2, 0) is 0 Å². The van der Waals surface area contributed by atoms with Crippen LogP contribution in [0.25, 0.3) is 5.69 Å². The van der Waals surface area contributed by atoms with Crippen LogP contribution in [0.15, 0.2) is 59.7 Å². The molecule has 1 aromatic heterocycles. The van der Waals surface area contributed by atoms with E-state index in [0.717, 1.165) is 34.8 Å². The van der Waals surface area contributed by atoms with Gasteiger partial charge in [-0.15, -0.1) is 0 Å². The minimum Gasteiger partial charge on any atom is -0.494 e. The molecule has 0 aliphatic carbocycles. The van der Waals surface area contributed by atoms with E-state index in [1.54, 1.807) is 30.5 Å². The van der Waals surface area contributed by atoms with E-state index in [-0.39, 0.29) is 5.91 Å². The highest BCUT2D eigenvalue weighted by Crippen LogP contribution is 2.22. The number of aromatic nitrogens is 1. The largest absolute Gasteiger partial charge is 0.494 e. The van der Waals surface area contributed by atoms with E-state index in [0.29, 0.717) is 12.2 Å². The molecule has 0 unspecified atom stereocenters. The monoisotopic (exact) mass is 389 g/mol. The Balaban J connectivity index is 1.70. The Hall–Kier alpha value is -3.34. The van der Waals surface area contributed by atoms with Crippen LogP contribution in [0.4, 0.5) is 0 Å². The van der Waals surface area contributed by atoms with Crippen molar-refractivity contribution in [2.24, 2.45) is 5.10 Å². The first-order valence-corrected chi connectivity index (χ1v) is 9.82. The molecule has 1 heterocycles. The molecule has 0 radical (unpaired) electrons. The van der Waals surface area contributed by atoms with Gasteiger partial charge >= 0.3 is 0 Å². The average molecular weight is 389 g/mol. The van der Waals surface area contributed by atoms with Crippen LogP contribution in [0.2, 0.25) is 0 Å². The molecule has 0 atom stereocenters. The molecule has 29 heavy (non-hydrogen) atoms. The van der Waals surface area contributed by atoms with Gasteiger partial charge in [0.15, 0.2) is 0 Å². The summed E-state index contributed by atoms with van der Waals surface area (Å²) < 4.78 is 7.74. The lowest BCUT2D eigenvalue weighted by Crippen LogP contribution is -2.17. The van der Waals surface area contributed by atoms with Crippen molar-refractivity contribution in [3.63, 3.8) is 0 Å². The Morgan fingerprint density at radius 1 is 1.10 bits per heavy atom. The van der Waals surface area contributed by atoms with Gasteiger partial charge in [-0.05, 0) is 69.2 Å². The highest BCUT2D eigenvalue weighted by Gasteiger charge is 2.11. The molecule has 150 valence electrons. The first kappa shape index (κ1) is 20.4. The summed E-state index contributed by atoms with van der Waals surface area (Å²) >= 11 is 0. The lowest BCUT2D eigenvalue weighted by Gasteiger charge is -2.12. The maximum absolute atomic E-state index is 12.3. The highest BCUT2D eigenvalue weighted by atomic mass is 16.5. The van der Waals surface area contributed by atoms with Gasteiger partial charge in [-0.3, -0.25) is 4.79 Å². The quantitative estimate of drug-likeness (QED) is 0.459. The zero-order valence-electron chi connectivity index (χ0n) is 17.4. The summed E-state index contributed by atoms with van der Waals surface area (Å²) in [5.74, 6) is 0.506. The van der Waals surface area contributed by atoms with Gasteiger partial charge in [0.05, 0.1) is 12.8 Å². The van der Waals surface area contributed by atoms with Gasteiger partial charge in [0.2, 0.25) is 0 Å². The predicted octanol–water partition coefficient (Wildman–Crippen LogP) is 4.96. The number of aryl methyl sites for hydroxylation is 2. The third kappa shape index (κ3) is 4.74. The SMILES string of the molecule is CCCOc1ccc(C(=O)N/N=C/c2cc(C)n(-c3ccccc3C)c2C)cc1. The first-order chi connectivity index (χ1) is 14.0. The van der Waals surface area contributed by atoms with Crippen LogP contribution in [0.1, 0.15) is 46.2 Å². The van der Waals surface area contributed by atoms with Gasteiger partial charge in [0.1, 0.15) is 5.75 Å². The van der Waals surface area contributed by atoms with Gasteiger partial charge in [0, 0.05) is 28.2 Å². The van der Waals surface area contributed by atoms with E-state index in [1.165, 1.54) is 5.56 Å². The van der Waals surface area contributed by atoms with Crippen LogP contribution in [-0.4, -0.2) is 23.3 Å². The number of amides is 1. The molecule has 0 saturated carbocycles. The lowest BCUT2D eigenvalue weighted by atomic mass is 10.2. The molecule has 5 heteroatoms. The average Bonchev–Trinajstić information content (AvgIpc) is 3.00. The van der Waals surface area contributed by atoms with Crippen molar-refractivity contribution in [3.05, 3.63) is 82.7 Å². The molecular formula is C24H27N3O2. The van der Waals surface area contributed by atoms with Crippen LogP contribution < -0.4 is 10.2 Å². The van der Waals surface area contributed by atoms with Crippen molar-refractivity contribution in [1.82, 2.24) is 9.99 Å². The van der Waals surface area contributed by atoms with Crippen molar-refractivity contribution < 1.29 is 9.53 Å². The van der Waals surface area contributed by atoms with E-state index >= 15 is 0 Å². The Bertz CT molecular complexity index is 1020. The number of nitrogens with one attached hydrogen (secondary N) is 1. The number of nitrogens with zero attached hydrogens (tertiary/aromatic N) is 2. The topological polar surface area (TPSA) is 55.6 Å². The molecule has 3 aromatic rings. The van der Waals surface area contributed by atoms with Gasteiger partial charge in [-0.25, -0.2) is 5.43 Å². The lowest BCUT2D eigenvalue weighted by molar-refractivity contribution is 0.0955. The molecule has 1 N–H and O–H groups in total. The second-order valence-corrected chi connectivity index (χ2v) is 7.02. The van der Waals surface area contributed by atoms with E-state index in [4.69, 9.17) is 4.74 Å². The van der Waals surface area contributed by atoms with Crippen LogP contribution in [0.3, 0.4) is 0 Å². The van der Waals surface area contributed by atoms with E-state index in [9.17, 15) is 4.79 Å². The normalized spacial score (nSPS) is 11.0. The Kier molecular flexibility index (Phi) is 6.50. The maximum Gasteiger partial charge on any atom is 0.271 e. The Morgan fingerprint density at radius 2 is 1.83 bits per heavy atom. The number of hydrogen-bond donors (Lipinski definition) is 1. The molecule has 0 aliphatic rings. The van der Waals surface area contributed by atoms with Crippen LogP contribution in [0, 0.1) is 20.8 Å². The fraction of sp³-hybridized carbons (Fsp3) is 0.250. The number of carbonyl (C=O) groups excluding carboxylic acids is 1. The highest BCUT2D eigenvalue weighted by molar-refractivity contribution is 5.95. The number of ether oxygens (including phenoxy) is 1. The van der Waals surface area contributed by atoms with Crippen molar-refractivity contribution >= 4 is 12.1 Å². The number of hydrazone groups is 1. The summed E-state index contributed by atoms with van der Waals surface area (Å²) in [6.07, 6.45) is 2.63. The third-order valence-electron chi connectivity index (χ3n) is 4.79. The number of para-hydroxylation sites is 1.